The molecule has 2 heterocycles. The highest BCUT2D eigenvalue weighted by atomic mass is 19.1. The number of hydrogen-bond donors (Lipinski definition) is 2. The van der Waals surface area contributed by atoms with Crippen molar-refractivity contribution in [3.05, 3.63) is 89.4 Å². The molecule has 2 N–H and O–H groups in total. The van der Waals surface area contributed by atoms with Crippen LogP contribution >= 0.6 is 0 Å². The fraction of sp³-hybridized carbons (Fsp3) is 0.267. The number of carbonyl (C=O) groups is 2. The number of benzene rings is 2. The number of para-hydroxylation sites is 1. The summed E-state index contributed by atoms with van der Waals surface area (Å²) in [4.78, 5) is 31.9. The average molecular weight is 500 g/mol. The number of fused-ring (bicyclic) bond motifs is 4. The van der Waals surface area contributed by atoms with E-state index in [1.165, 1.54) is 4.90 Å². The van der Waals surface area contributed by atoms with E-state index in [2.05, 4.69) is 10.3 Å². The third kappa shape index (κ3) is 5.35. The predicted octanol–water partition coefficient (Wildman–Crippen LogP) is 5.47. The Morgan fingerprint density at radius 1 is 1.14 bits per heavy atom. The third-order valence-corrected chi connectivity index (χ3v) is 7.03. The Bertz CT molecular complexity index is 1420. The van der Waals surface area contributed by atoms with Crippen molar-refractivity contribution in [2.45, 2.75) is 31.7 Å². The number of hydrogen-bond acceptors (Lipinski definition) is 3. The summed E-state index contributed by atoms with van der Waals surface area (Å²) in [7, 11) is 3.27. The van der Waals surface area contributed by atoms with E-state index in [1.54, 1.807) is 44.5 Å². The van der Waals surface area contributed by atoms with Gasteiger partial charge in [-0.1, -0.05) is 30.4 Å². The second-order valence-electron chi connectivity index (χ2n) is 9.59. The first-order valence-electron chi connectivity index (χ1n) is 12.4. The monoisotopic (exact) mass is 499 g/mol. The molecule has 2 aliphatic rings. The van der Waals surface area contributed by atoms with Crippen LogP contribution in [0, 0.1) is 5.92 Å². The minimum absolute atomic E-state index is 0.122. The number of H-pyrrole nitrogens is 1. The first kappa shape index (κ1) is 24.6. The summed E-state index contributed by atoms with van der Waals surface area (Å²) in [6, 6.07) is 14.2. The largest absolute Gasteiger partial charge is 0.497 e. The smallest absolute Gasteiger partial charge is 0.249 e. The summed E-state index contributed by atoms with van der Waals surface area (Å²) in [6.07, 6.45) is 8.74. The number of nitrogens with one attached hydrogen (secondary N) is 2. The number of allylic oxidation sites excluding steroid dienone is 5. The summed E-state index contributed by atoms with van der Waals surface area (Å²) in [5, 5.41) is 3.94. The molecule has 0 saturated heterocycles. The second kappa shape index (κ2) is 10.5. The van der Waals surface area contributed by atoms with Gasteiger partial charge < -0.3 is 19.9 Å². The van der Waals surface area contributed by atoms with Gasteiger partial charge in [0.1, 0.15) is 17.6 Å². The zero-order valence-electron chi connectivity index (χ0n) is 21.0. The standard InChI is InChI=1S/C30H30FN3O3/c1-34(22-10-12-23(37-2)13-11-22)30(36)28-17-20-14-19(15-21(31)16-20)6-5-9-27-25(18-29(35)33-28)24-7-3-4-8-26(24)32-27/h3-5,7-15,20,28,32H,6,16-18H2,1-2H3,(H,33,35)/b9-5+. The Morgan fingerprint density at radius 3 is 2.70 bits per heavy atom. The van der Waals surface area contributed by atoms with Gasteiger partial charge >= 0.3 is 0 Å². The maximum absolute atomic E-state index is 14.6. The zero-order chi connectivity index (χ0) is 25.9. The van der Waals surface area contributed by atoms with Crippen molar-refractivity contribution in [3.63, 3.8) is 0 Å². The molecule has 2 atom stereocenters. The molecular weight excluding hydrogens is 469 g/mol. The van der Waals surface area contributed by atoms with Crippen LogP contribution in [0.1, 0.15) is 30.5 Å². The Labute approximate surface area is 215 Å². The molecule has 6 nitrogen and oxygen atoms in total. The molecule has 5 rings (SSSR count). The van der Waals surface area contributed by atoms with Crippen LogP contribution in [-0.2, 0) is 16.0 Å². The normalized spacial score (nSPS) is 20.8. The molecule has 0 spiro atoms. The van der Waals surface area contributed by atoms with Gasteiger partial charge in [0.15, 0.2) is 0 Å². The van der Waals surface area contributed by atoms with Crippen molar-refractivity contribution < 1.29 is 18.7 Å². The van der Waals surface area contributed by atoms with Crippen LogP contribution in [-0.4, -0.2) is 37.0 Å². The van der Waals surface area contributed by atoms with Gasteiger partial charge in [0.25, 0.3) is 0 Å². The van der Waals surface area contributed by atoms with E-state index < -0.39 is 6.04 Å². The van der Waals surface area contributed by atoms with Gasteiger partial charge in [0.05, 0.1) is 13.5 Å². The van der Waals surface area contributed by atoms with Crippen molar-refractivity contribution in [2.75, 3.05) is 19.1 Å². The fourth-order valence-corrected chi connectivity index (χ4v) is 5.16. The molecule has 2 unspecified atom stereocenters. The summed E-state index contributed by atoms with van der Waals surface area (Å²) in [6.45, 7) is 0. The maximum atomic E-state index is 14.6. The molecule has 2 amide bonds. The molecule has 190 valence electrons. The Kier molecular flexibility index (Phi) is 6.95. The van der Waals surface area contributed by atoms with E-state index in [1.807, 2.05) is 42.5 Å². The van der Waals surface area contributed by atoms with Crippen molar-refractivity contribution >= 4 is 34.5 Å². The van der Waals surface area contributed by atoms with Crippen molar-refractivity contribution in [1.82, 2.24) is 10.3 Å². The number of likely N-dealkylation sites (N-methyl/N-ethyl adjacent to an activating group) is 1. The van der Waals surface area contributed by atoms with Crippen LogP contribution in [0.2, 0.25) is 0 Å². The minimum atomic E-state index is -0.810. The third-order valence-electron chi connectivity index (χ3n) is 7.03. The molecule has 0 fully saturated rings. The number of nitrogens with zero attached hydrogens (tertiary/aromatic N) is 1. The number of aromatic nitrogens is 1. The Morgan fingerprint density at radius 2 is 1.92 bits per heavy atom. The summed E-state index contributed by atoms with van der Waals surface area (Å²) < 4.78 is 19.8. The SMILES string of the molecule is COc1ccc(N(C)C(=O)C2CC3C=C(C=C(F)C3)C/C=C/c3[nH]c4ccccc4c3CC(=O)N2)cc1. The van der Waals surface area contributed by atoms with E-state index in [0.29, 0.717) is 24.3 Å². The van der Waals surface area contributed by atoms with E-state index >= 15 is 0 Å². The highest BCUT2D eigenvalue weighted by molar-refractivity contribution is 6.00. The quantitative estimate of drug-likeness (QED) is 0.502. The van der Waals surface area contributed by atoms with E-state index in [-0.39, 0.29) is 36.4 Å². The number of aromatic amines is 1. The Balaban J connectivity index is 1.49. The summed E-state index contributed by atoms with van der Waals surface area (Å²) >= 11 is 0. The predicted molar refractivity (Wildman–Crippen MR) is 144 cm³/mol. The number of anilines is 1. The zero-order valence-corrected chi connectivity index (χ0v) is 21.0. The lowest BCUT2D eigenvalue weighted by Crippen LogP contribution is -2.49. The molecular formula is C30H30FN3O3. The van der Waals surface area contributed by atoms with Crippen LogP contribution in [0.25, 0.3) is 17.0 Å². The van der Waals surface area contributed by atoms with Gasteiger partial charge in [0, 0.05) is 35.8 Å². The molecule has 2 bridgehead atoms. The first-order chi connectivity index (χ1) is 17.9. The van der Waals surface area contributed by atoms with Gasteiger partial charge in [0.2, 0.25) is 11.8 Å². The van der Waals surface area contributed by atoms with E-state index in [0.717, 1.165) is 27.7 Å². The van der Waals surface area contributed by atoms with Gasteiger partial charge in [-0.15, -0.1) is 0 Å². The van der Waals surface area contributed by atoms with Crippen LogP contribution in [0.4, 0.5) is 10.1 Å². The number of carbonyl (C=O) groups excluding carboxylic acids is 2. The van der Waals surface area contributed by atoms with E-state index in [4.69, 9.17) is 4.74 Å². The minimum Gasteiger partial charge on any atom is -0.497 e. The lowest BCUT2D eigenvalue weighted by Gasteiger charge is -2.28. The Hall–Kier alpha value is -4.13. The lowest BCUT2D eigenvalue weighted by molar-refractivity contribution is -0.127. The van der Waals surface area contributed by atoms with Crippen LogP contribution < -0.4 is 15.0 Å². The highest BCUT2D eigenvalue weighted by Gasteiger charge is 2.29. The molecule has 1 aliphatic carbocycles. The lowest BCUT2D eigenvalue weighted by atomic mass is 9.88. The molecule has 0 saturated carbocycles. The number of methoxy groups -OCH3 is 1. The topological polar surface area (TPSA) is 74.4 Å². The number of ether oxygens (including phenoxy) is 1. The number of amides is 2. The number of rotatable bonds is 3. The summed E-state index contributed by atoms with van der Waals surface area (Å²) in [5.41, 5.74) is 4.19. The molecule has 7 heteroatoms. The van der Waals surface area contributed by atoms with Gasteiger partial charge in [-0.05, 0) is 72.4 Å². The second-order valence-corrected chi connectivity index (χ2v) is 9.59. The van der Waals surface area contributed by atoms with Crippen LogP contribution in [0.15, 0.2) is 78.2 Å². The van der Waals surface area contributed by atoms with Crippen molar-refractivity contribution in [3.8, 4) is 5.75 Å². The molecule has 1 aliphatic heterocycles. The maximum Gasteiger partial charge on any atom is 0.249 e. The summed E-state index contributed by atoms with van der Waals surface area (Å²) in [5.74, 6) is -0.235. The molecule has 1 aromatic heterocycles. The highest BCUT2D eigenvalue weighted by Crippen LogP contribution is 2.31. The van der Waals surface area contributed by atoms with E-state index in [9.17, 15) is 14.0 Å². The van der Waals surface area contributed by atoms with Crippen LogP contribution in [0.3, 0.4) is 0 Å². The molecule has 3 aromatic rings. The van der Waals surface area contributed by atoms with Gasteiger partial charge in [-0.3, -0.25) is 9.59 Å². The first-order valence-corrected chi connectivity index (χ1v) is 12.4. The molecule has 2 aromatic carbocycles. The van der Waals surface area contributed by atoms with Crippen molar-refractivity contribution in [1.29, 1.82) is 0 Å². The van der Waals surface area contributed by atoms with Gasteiger partial charge in [-0.25, -0.2) is 4.39 Å². The molecule has 37 heavy (non-hydrogen) atoms. The van der Waals surface area contributed by atoms with Gasteiger partial charge in [-0.2, -0.15) is 0 Å². The fourth-order valence-electron chi connectivity index (χ4n) is 5.16. The van der Waals surface area contributed by atoms with Crippen molar-refractivity contribution in [2.24, 2.45) is 5.92 Å². The number of halogens is 1. The average Bonchev–Trinajstić information content (AvgIpc) is 3.24. The van der Waals surface area contributed by atoms with Crippen LogP contribution in [0.5, 0.6) is 5.75 Å². The molecule has 0 radical (unpaired) electrons.